The minimum Gasteiger partial charge on any atom is -0.348 e. The van der Waals surface area contributed by atoms with Crippen molar-refractivity contribution in [1.82, 2.24) is 9.97 Å². The number of hydrogen-bond acceptors (Lipinski definition) is 1. The number of aromatic amines is 1. The van der Waals surface area contributed by atoms with E-state index in [0.717, 1.165) is 0 Å². The van der Waals surface area contributed by atoms with Gasteiger partial charge in [0.2, 0.25) is 0 Å². The monoisotopic (exact) mass is 220 g/mol. The van der Waals surface area contributed by atoms with Crippen LogP contribution in [0, 0.1) is 0 Å². The summed E-state index contributed by atoms with van der Waals surface area (Å²) in [6.07, 6.45) is 16.2. The van der Waals surface area contributed by atoms with Gasteiger partial charge in [0.15, 0.2) is 0 Å². The molecule has 0 aliphatic heterocycles. The van der Waals surface area contributed by atoms with E-state index in [0.29, 0.717) is 5.41 Å². The Hall–Kier alpha value is -0.790. The second kappa shape index (κ2) is 5.51. The van der Waals surface area contributed by atoms with Gasteiger partial charge in [0.25, 0.3) is 0 Å². The lowest BCUT2D eigenvalue weighted by Crippen LogP contribution is -2.24. The Balaban J connectivity index is 2.03. The second-order valence-corrected chi connectivity index (χ2v) is 5.47. The summed E-state index contributed by atoms with van der Waals surface area (Å²) in [6, 6.07) is 0. The van der Waals surface area contributed by atoms with E-state index in [2.05, 4.69) is 16.9 Å². The third kappa shape index (κ3) is 2.87. The van der Waals surface area contributed by atoms with Crippen LogP contribution in [0.2, 0.25) is 0 Å². The Morgan fingerprint density at radius 2 is 1.56 bits per heavy atom. The van der Waals surface area contributed by atoms with Crippen molar-refractivity contribution in [3.8, 4) is 0 Å². The molecule has 1 aliphatic rings. The third-order valence-corrected chi connectivity index (χ3v) is 4.03. The Morgan fingerprint density at radius 1 is 1.00 bits per heavy atom. The minimum absolute atomic E-state index is 0.292. The third-order valence-electron chi connectivity index (χ3n) is 4.03. The molecule has 0 atom stereocenters. The number of rotatable bonds is 1. The fourth-order valence-corrected chi connectivity index (χ4v) is 2.87. The van der Waals surface area contributed by atoms with Crippen molar-refractivity contribution in [2.45, 2.75) is 70.1 Å². The molecule has 90 valence electrons. The Morgan fingerprint density at radius 3 is 2.06 bits per heavy atom. The SMILES string of the molecule is CC1(c2ncc[nH]2)CCCCCCCCC1. The van der Waals surface area contributed by atoms with E-state index in [1.165, 1.54) is 63.6 Å². The van der Waals surface area contributed by atoms with Crippen LogP contribution in [0.15, 0.2) is 12.4 Å². The number of H-pyrrole nitrogens is 1. The first kappa shape index (κ1) is 11.7. The second-order valence-electron chi connectivity index (χ2n) is 5.47. The summed E-state index contributed by atoms with van der Waals surface area (Å²) in [5, 5.41) is 0. The first-order chi connectivity index (χ1) is 7.81. The first-order valence-corrected chi connectivity index (χ1v) is 6.81. The van der Waals surface area contributed by atoms with Gasteiger partial charge in [0.05, 0.1) is 0 Å². The lowest BCUT2D eigenvalue weighted by atomic mass is 9.78. The zero-order chi connectivity index (χ0) is 11.3. The van der Waals surface area contributed by atoms with Gasteiger partial charge < -0.3 is 4.98 Å². The van der Waals surface area contributed by atoms with Crippen LogP contribution in [0.25, 0.3) is 0 Å². The van der Waals surface area contributed by atoms with Crippen LogP contribution in [0.5, 0.6) is 0 Å². The first-order valence-electron chi connectivity index (χ1n) is 6.81. The van der Waals surface area contributed by atoms with Crippen molar-refractivity contribution in [3.63, 3.8) is 0 Å². The van der Waals surface area contributed by atoms with Crippen LogP contribution in [0.1, 0.15) is 70.5 Å². The van der Waals surface area contributed by atoms with Gasteiger partial charge in [-0.2, -0.15) is 0 Å². The maximum Gasteiger partial charge on any atom is 0.111 e. The van der Waals surface area contributed by atoms with Crippen LogP contribution in [-0.4, -0.2) is 9.97 Å². The van der Waals surface area contributed by atoms with Gasteiger partial charge in [0.1, 0.15) is 5.82 Å². The molecule has 1 aromatic rings. The highest BCUT2D eigenvalue weighted by Gasteiger charge is 2.28. The highest BCUT2D eigenvalue weighted by molar-refractivity contribution is 5.06. The predicted octanol–water partition coefficient (Wildman–Crippen LogP) is 4.19. The van der Waals surface area contributed by atoms with Gasteiger partial charge in [-0.3, -0.25) is 0 Å². The van der Waals surface area contributed by atoms with E-state index in [9.17, 15) is 0 Å². The molecule has 0 radical (unpaired) electrons. The molecule has 1 fully saturated rings. The van der Waals surface area contributed by atoms with Gasteiger partial charge in [-0.1, -0.05) is 51.9 Å². The largest absolute Gasteiger partial charge is 0.348 e. The average molecular weight is 220 g/mol. The van der Waals surface area contributed by atoms with Crippen molar-refractivity contribution >= 4 is 0 Å². The molecule has 1 N–H and O–H groups in total. The minimum atomic E-state index is 0.292. The smallest absolute Gasteiger partial charge is 0.111 e. The molecular weight excluding hydrogens is 196 g/mol. The number of aromatic nitrogens is 2. The van der Waals surface area contributed by atoms with Crippen molar-refractivity contribution < 1.29 is 0 Å². The molecular formula is C14H24N2. The highest BCUT2D eigenvalue weighted by Crippen LogP contribution is 2.34. The molecule has 2 rings (SSSR count). The molecule has 0 aromatic carbocycles. The summed E-state index contributed by atoms with van der Waals surface area (Å²) in [6.45, 7) is 2.38. The average Bonchev–Trinajstić information content (AvgIpc) is 2.81. The van der Waals surface area contributed by atoms with Crippen molar-refractivity contribution in [2.24, 2.45) is 0 Å². The number of imidazole rings is 1. The van der Waals surface area contributed by atoms with Crippen LogP contribution >= 0.6 is 0 Å². The summed E-state index contributed by atoms with van der Waals surface area (Å²) in [5.74, 6) is 1.20. The van der Waals surface area contributed by atoms with Gasteiger partial charge >= 0.3 is 0 Å². The molecule has 2 nitrogen and oxygen atoms in total. The predicted molar refractivity (Wildman–Crippen MR) is 67.5 cm³/mol. The Bertz CT molecular complexity index is 280. The van der Waals surface area contributed by atoms with Gasteiger partial charge in [0, 0.05) is 17.8 Å². The Labute approximate surface area is 98.9 Å². The maximum atomic E-state index is 4.48. The summed E-state index contributed by atoms with van der Waals surface area (Å²) < 4.78 is 0. The molecule has 1 heterocycles. The molecule has 1 saturated carbocycles. The molecule has 0 bridgehead atoms. The van der Waals surface area contributed by atoms with E-state index in [1.54, 1.807) is 0 Å². The molecule has 0 saturated heterocycles. The van der Waals surface area contributed by atoms with Crippen molar-refractivity contribution in [1.29, 1.82) is 0 Å². The van der Waals surface area contributed by atoms with E-state index in [1.807, 2.05) is 12.4 Å². The van der Waals surface area contributed by atoms with Crippen LogP contribution in [0.3, 0.4) is 0 Å². The van der Waals surface area contributed by atoms with Gasteiger partial charge in [-0.15, -0.1) is 0 Å². The molecule has 0 unspecified atom stereocenters. The lowest BCUT2D eigenvalue weighted by molar-refractivity contribution is 0.337. The fraction of sp³-hybridized carbons (Fsp3) is 0.786. The molecule has 1 aromatic heterocycles. The lowest BCUT2D eigenvalue weighted by Gasteiger charge is -2.28. The molecule has 0 spiro atoms. The summed E-state index contributed by atoms with van der Waals surface area (Å²) in [4.78, 5) is 7.80. The maximum absolute atomic E-state index is 4.48. The van der Waals surface area contributed by atoms with Gasteiger partial charge in [-0.05, 0) is 12.8 Å². The summed E-state index contributed by atoms with van der Waals surface area (Å²) in [5.41, 5.74) is 0.292. The summed E-state index contributed by atoms with van der Waals surface area (Å²) >= 11 is 0. The molecule has 16 heavy (non-hydrogen) atoms. The topological polar surface area (TPSA) is 28.7 Å². The van der Waals surface area contributed by atoms with E-state index < -0.39 is 0 Å². The van der Waals surface area contributed by atoms with Crippen molar-refractivity contribution in [2.75, 3.05) is 0 Å². The van der Waals surface area contributed by atoms with E-state index in [4.69, 9.17) is 0 Å². The number of nitrogens with zero attached hydrogens (tertiary/aromatic N) is 1. The van der Waals surface area contributed by atoms with Gasteiger partial charge in [-0.25, -0.2) is 4.98 Å². The normalized spacial score (nSPS) is 22.8. The number of hydrogen-bond donors (Lipinski definition) is 1. The Kier molecular flexibility index (Phi) is 4.03. The fourth-order valence-electron chi connectivity index (χ4n) is 2.87. The van der Waals surface area contributed by atoms with Crippen LogP contribution in [0.4, 0.5) is 0 Å². The number of nitrogens with one attached hydrogen (secondary N) is 1. The summed E-state index contributed by atoms with van der Waals surface area (Å²) in [7, 11) is 0. The van der Waals surface area contributed by atoms with E-state index in [-0.39, 0.29) is 0 Å². The quantitative estimate of drug-likeness (QED) is 0.755. The van der Waals surface area contributed by atoms with Crippen molar-refractivity contribution in [3.05, 3.63) is 18.2 Å². The molecule has 2 heteroatoms. The van der Waals surface area contributed by atoms with Crippen LogP contribution in [-0.2, 0) is 5.41 Å². The van der Waals surface area contributed by atoms with E-state index >= 15 is 0 Å². The van der Waals surface area contributed by atoms with Crippen LogP contribution < -0.4 is 0 Å². The zero-order valence-corrected chi connectivity index (χ0v) is 10.5. The highest BCUT2D eigenvalue weighted by atomic mass is 14.9. The molecule has 1 aliphatic carbocycles. The standard InChI is InChI=1S/C14H24N2/c1-14(13-15-11-12-16-13)9-7-5-3-2-4-6-8-10-14/h11-12H,2-10H2,1H3,(H,15,16). The molecule has 0 amide bonds. The zero-order valence-electron chi connectivity index (χ0n) is 10.5.